The Bertz CT molecular complexity index is 943. The Morgan fingerprint density at radius 3 is 2.94 bits per heavy atom. The summed E-state index contributed by atoms with van der Waals surface area (Å²) in [7, 11) is 1.47. The first-order valence-corrected chi connectivity index (χ1v) is 10.3. The topological polar surface area (TPSA) is 136 Å². The zero-order valence-corrected chi connectivity index (χ0v) is 17.6. The van der Waals surface area contributed by atoms with E-state index in [-0.39, 0.29) is 12.4 Å². The molecule has 1 aliphatic rings. The lowest BCUT2D eigenvalue weighted by Gasteiger charge is -2.17. The molecule has 0 spiro atoms. The SMILES string of the molecule is COc1ncc(C(CC(=O)O)N=CC=C(N)CCCc2ccc3c(n2)NCCC3)cn1. The summed E-state index contributed by atoms with van der Waals surface area (Å²) in [6, 6.07) is 3.86. The minimum absolute atomic E-state index is 0.169. The summed E-state index contributed by atoms with van der Waals surface area (Å²) in [6.07, 6.45) is 10.8. The van der Waals surface area contributed by atoms with Crippen molar-refractivity contribution in [3.63, 3.8) is 0 Å². The third-order valence-corrected chi connectivity index (χ3v) is 4.99. The fourth-order valence-electron chi connectivity index (χ4n) is 3.33. The van der Waals surface area contributed by atoms with Crippen LogP contribution < -0.4 is 15.8 Å². The number of nitrogens with zero attached hydrogens (tertiary/aromatic N) is 4. The molecule has 4 N–H and O–H groups in total. The number of aliphatic imine (C=N–C) groups is 1. The van der Waals surface area contributed by atoms with Gasteiger partial charge in [-0.25, -0.2) is 15.0 Å². The van der Waals surface area contributed by atoms with Crippen LogP contribution in [0.4, 0.5) is 5.82 Å². The molecule has 0 saturated carbocycles. The van der Waals surface area contributed by atoms with E-state index in [0.717, 1.165) is 43.7 Å². The van der Waals surface area contributed by atoms with Gasteiger partial charge in [-0.1, -0.05) is 6.07 Å². The average molecular weight is 425 g/mol. The van der Waals surface area contributed by atoms with Crippen LogP contribution in [0.25, 0.3) is 0 Å². The number of rotatable bonds is 10. The highest BCUT2D eigenvalue weighted by Gasteiger charge is 2.15. The summed E-state index contributed by atoms with van der Waals surface area (Å²) in [5, 5.41) is 12.5. The van der Waals surface area contributed by atoms with E-state index in [1.165, 1.54) is 25.1 Å². The van der Waals surface area contributed by atoms with Crippen molar-refractivity contribution in [1.29, 1.82) is 0 Å². The van der Waals surface area contributed by atoms with Gasteiger partial charge >= 0.3 is 12.0 Å². The van der Waals surface area contributed by atoms with Crippen LogP contribution in [0.3, 0.4) is 0 Å². The first-order chi connectivity index (χ1) is 15.0. The molecule has 2 aromatic rings. The number of anilines is 1. The first kappa shape index (κ1) is 22.2. The Labute approximate surface area is 181 Å². The third-order valence-electron chi connectivity index (χ3n) is 4.99. The lowest BCUT2D eigenvalue weighted by Crippen LogP contribution is -2.14. The van der Waals surface area contributed by atoms with E-state index < -0.39 is 12.0 Å². The molecule has 31 heavy (non-hydrogen) atoms. The van der Waals surface area contributed by atoms with E-state index in [2.05, 4.69) is 32.4 Å². The van der Waals surface area contributed by atoms with Crippen molar-refractivity contribution >= 4 is 18.0 Å². The molecular weight excluding hydrogens is 396 g/mol. The Balaban J connectivity index is 1.53. The van der Waals surface area contributed by atoms with Gasteiger partial charge in [0.15, 0.2) is 0 Å². The molecule has 0 fully saturated rings. The molecule has 0 aliphatic carbocycles. The minimum atomic E-state index is -0.957. The second-order valence-corrected chi connectivity index (χ2v) is 7.35. The zero-order chi connectivity index (χ0) is 22.1. The number of hydrogen-bond donors (Lipinski definition) is 3. The average Bonchev–Trinajstić information content (AvgIpc) is 2.78. The molecule has 9 heteroatoms. The molecule has 0 radical (unpaired) electrons. The minimum Gasteiger partial charge on any atom is -0.481 e. The van der Waals surface area contributed by atoms with Gasteiger partial charge in [-0.3, -0.25) is 9.79 Å². The maximum Gasteiger partial charge on any atom is 0.316 e. The van der Waals surface area contributed by atoms with Gasteiger partial charge in [-0.05, 0) is 49.8 Å². The molecule has 0 aromatic carbocycles. The number of methoxy groups -OCH3 is 1. The van der Waals surface area contributed by atoms with Crippen LogP contribution >= 0.6 is 0 Å². The third kappa shape index (κ3) is 6.77. The van der Waals surface area contributed by atoms with Crippen molar-refractivity contribution in [3.05, 3.63) is 53.1 Å². The van der Waals surface area contributed by atoms with Gasteiger partial charge in [0.05, 0.1) is 19.6 Å². The number of fused-ring (bicyclic) bond motifs is 1. The maximum atomic E-state index is 11.2. The summed E-state index contributed by atoms with van der Waals surface area (Å²) in [6.45, 7) is 0.976. The number of aromatic nitrogens is 3. The van der Waals surface area contributed by atoms with Crippen LogP contribution in [-0.2, 0) is 17.6 Å². The monoisotopic (exact) mass is 424 g/mol. The smallest absolute Gasteiger partial charge is 0.316 e. The molecule has 2 aromatic heterocycles. The van der Waals surface area contributed by atoms with E-state index in [4.69, 9.17) is 20.6 Å². The van der Waals surface area contributed by atoms with Crippen LogP contribution in [0.2, 0.25) is 0 Å². The number of nitrogens with two attached hydrogens (primary N) is 1. The standard InChI is InChI=1S/C22H28N6O3/c1-31-22-26-13-16(14-27-22)19(12-20(29)30)24-11-9-17(23)5-2-6-18-8-7-15-4-3-10-25-21(15)28-18/h7-9,11,13-14,19H,2-6,10,12,23H2,1H3,(H,25,28)(H,29,30). The molecule has 0 amide bonds. The summed E-state index contributed by atoms with van der Waals surface area (Å²) in [5.41, 5.74) is 9.70. The molecule has 0 saturated heterocycles. The van der Waals surface area contributed by atoms with Gasteiger partial charge < -0.3 is 20.9 Å². The van der Waals surface area contributed by atoms with Gasteiger partial charge in [0.1, 0.15) is 5.82 Å². The highest BCUT2D eigenvalue weighted by molar-refractivity contribution is 5.73. The number of ether oxygens (including phenoxy) is 1. The quantitative estimate of drug-likeness (QED) is 0.495. The Hall–Kier alpha value is -3.49. The lowest BCUT2D eigenvalue weighted by molar-refractivity contribution is -0.137. The number of carboxylic acids is 1. The largest absolute Gasteiger partial charge is 0.481 e. The van der Waals surface area contributed by atoms with Crippen molar-refractivity contribution in [3.8, 4) is 6.01 Å². The Morgan fingerprint density at radius 2 is 2.19 bits per heavy atom. The highest BCUT2D eigenvalue weighted by Crippen LogP contribution is 2.21. The second kappa shape index (κ2) is 11.1. The van der Waals surface area contributed by atoms with Crippen molar-refractivity contribution in [2.45, 2.75) is 44.6 Å². The summed E-state index contributed by atoms with van der Waals surface area (Å²) >= 11 is 0. The van der Waals surface area contributed by atoms with Crippen molar-refractivity contribution < 1.29 is 14.6 Å². The van der Waals surface area contributed by atoms with Crippen molar-refractivity contribution in [2.24, 2.45) is 10.7 Å². The number of aryl methyl sites for hydroxylation is 2. The van der Waals surface area contributed by atoms with Crippen LogP contribution in [-0.4, -0.2) is 45.9 Å². The predicted octanol–water partition coefficient (Wildman–Crippen LogP) is 2.69. The number of pyridine rings is 1. The number of hydrogen-bond acceptors (Lipinski definition) is 8. The van der Waals surface area contributed by atoms with Crippen LogP contribution in [0.15, 0.2) is 41.3 Å². The first-order valence-electron chi connectivity index (χ1n) is 10.3. The van der Waals surface area contributed by atoms with Gasteiger partial charge in [0.25, 0.3) is 0 Å². The zero-order valence-electron chi connectivity index (χ0n) is 17.6. The Kier molecular flexibility index (Phi) is 7.91. The maximum absolute atomic E-state index is 11.2. The number of carbonyl (C=O) groups is 1. The van der Waals surface area contributed by atoms with Crippen molar-refractivity contribution in [2.75, 3.05) is 19.0 Å². The molecule has 1 aliphatic heterocycles. The number of aliphatic carboxylic acids is 1. The van der Waals surface area contributed by atoms with E-state index >= 15 is 0 Å². The van der Waals surface area contributed by atoms with Crippen LogP contribution in [0.5, 0.6) is 6.01 Å². The summed E-state index contributed by atoms with van der Waals surface area (Å²) < 4.78 is 4.93. The summed E-state index contributed by atoms with van der Waals surface area (Å²) in [4.78, 5) is 28.2. The molecule has 9 nitrogen and oxygen atoms in total. The van der Waals surface area contributed by atoms with Gasteiger partial charge in [0.2, 0.25) is 0 Å². The lowest BCUT2D eigenvalue weighted by atomic mass is 10.1. The van der Waals surface area contributed by atoms with Crippen LogP contribution in [0, 0.1) is 0 Å². The van der Waals surface area contributed by atoms with Crippen molar-refractivity contribution in [1.82, 2.24) is 15.0 Å². The fraction of sp³-hybridized carbons (Fsp3) is 0.409. The Morgan fingerprint density at radius 1 is 1.39 bits per heavy atom. The van der Waals surface area contributed by atoms with Gasteiger partial charge in [0, 0.05) is 42.1 Å². The molecule has 1 unspecified atom stereocenters. The number of carboxylic acid groups (broad SMARTS) is 1. The second-order valence-electron chi connectivity index (χ2n) is 7.35. The van der Waals surface area contributed by atoms with E-state index in [1.807, 2.05) is 0 Å². The molecule has 164 valence electrons. The highest BCUT2D eigenvalue weighted by atomic mass is 16.5. The number of nitrogens with one attached hydrogen (secondary N) is 1. The van der Waals surface area contributed by atoms with E-state index in [9.17, 15) is 4.79 Å². The molecule has 3 rings (SSSR count). The molecule has 1 atom stereocenters. The molecule has 0 bridgehead atoms. The molecule has 3 heterocycles. The van der Waals surface area contributed by atoms with Gasteiger partial charge in [-0.15, -0.1) is 0 Å². The number of allylic oxidation sites excluding steroid dienone is 2. The predicted molar refractivity (Wildman–Crippen MR) is 118 cm³/mol. The van der Waals surface area contributed by atoms with Crippen LogP contribution in [0.1, 0.15) is 48.5 Å². The normalized spacial score (nSPS) is 14.7. The van der Waals surface area contributed by atoms with Gasteiger partial charge in [-0.2, -0.15) is 0 Å². The summed E-state index contributed by atoms with van der Waals surface area (Å²) in [5.74, 6) is 0.0494. The van der Waals surface area contributed by atoms with E-state index in [0.29, 0.717) is 17.7 Å². The molecular formula is C22H28N6O3. The fourth-order valence-corrected chi connectivity index (χ4v) is 3.33. The van der Waals surface area contributed by atoms with E-state index in [1.54, 1.807) is 12.3 Å².